The second-order valence-corrected chi connectivity index (χ2v) is 2.91. The molecule has 0 amide bonds. The highest BCUT2D eigenvalue weighted by molar-refractivity contribution is 5.60. The first kappa shape index (κ1) is 9.21. The largest absolute Gasteiger partial charge is 0.367 e. The van der Waals surface area contributed by atoms with Gasteiger partial charge in [-0.2, -0.15) is 5.26 Å². The molecule has 0 unspecified atom stereocenters. The van der Waals surface area contributed by atoms with Crippen LogP contribution in [0.5, 0.6) is 0 Å². The molecule has 74 valence electrons. The van der Waals surface area contributed by atoms with Gasteiger partial charge in [-0.05, 0) is 6.07 Å². The lowest BCUT2D eigenvalue weighted by Crippen LogP contribution is -2.02. The Kier molecular flexibility index (Phi) is 2.61. The molecule has 2 heterocycles. The number of H-pyrrole nitrogens is 1. The van der Waals surface area contributed by atoms with Crippen LogP contribution < -0.4 is 5.32 Å². The fourth-order valence-electron chi connectivity index (χ4n) is 1.19. The molecule has 0 spiro atoms. The molecule has 0 aromatic carbocycles. The summed E-state index contributed by atoms with van der Waals surface area (Å²) in [7, 11) is 0. The minimum atomic E-state index is 0.212. The SMILES string of the molecule is N#CCNc1ncc(-c2cc[nH]c2)cn1. The number of nitrogens with zero attached hydrogens (tertiary/aromatic N) is 3. The van der Waals surface area contributed by atoms with Gasteiger partial charge in [0.1, 0.15) is 6.54 Å². The third-order valence-corrected chi connectivity index (χ3v) is 1.91. The summed E-state index contributed by atoms with van der Waals surface area (Å²) in [5.41, 5.74) is 1.99. The van der Waals surface area contributed by atoms with E-state index in [1.54, 1.807) is 12.4 Å². The number of hydrogen-bond donors (Lipinski definition) is 2. The summed E-state index contributed by atoms with van der Waals surface area (Å²) in [5.74, 6) is 0.468. The molecule has 5 nitrogen and oxygen atoms in total. The minimum absolute atomic E-state index is 0.212. The zero-order valence-electron chi connectivity index (χ0n) is 7.94. The van der Waals surface area contributed by atoms with E-state index in [9.17, 15) is 0 Å². The predicted octanol–water partition coefficient (Wildman–Crippen LogP) is 1.41. The van der Waals surface area contributed by atoms with Crippen molar-refractivity contribution >= 4 is 5.95 Å². The number of aromatic amines is 1. The van der Waals surface area contributed by atoms with Crippen LogP contribution in [0.25, 0.3) is 11.1 Å². The van der Waals surface area contributed by atoms with Crippen molar-refractivity contribution in [3.8, 4) is 17.2 Å². The average Bonchev–Trinajstić information content (AvgIpc) is 2.80. The van der Waals surface area contributed by atoms with Crippen molar-refractivity contribution in [1.29, 1.82) is 5.26 Å². The number of nitriles is 1. The van der Waals surface area contributed by atoms with Crippen LogP contribution in [-0.2, 0) is 0 Å². The van der Waals surface area contributed by atoms with Gasteiger partial charge in [0.05, 0.1) is 6.07 Å². The van der Waals surface area contributed by atoms with Crippen LogP contribution in [0.3, 0.4) is 0 Å². The minimum Gasteiger partial charge on any atom is -0.367 e. The highest BCUT2D eigenvalue weighted by Gasteiger charge is 1.99. The first-order valence-electron chi connectivity index (χ1n) is 4.46. The standard InChI is InChI=1S/C10H9N5/c11-2-4-13-10-14-6-9(7-15-10)8-1-3-12-5-8/h1,3,5-7,12H,4H2,(H,13,14,15). The molecular weight excluding hydrogens is 190 g/mol. The number of hydrogen-bond acceptors (Lipinski definition) is 4. The van der Waals surface area contributed by atoms with Gasteiger partial charge in [0.2, 0.25) is 5.95 Å². The summed E-state index contributed by atoms with van der Waals surface area (Å²) in [6, 6.07) is 3.91. The third kappa shape index (κ3) is 2.11. The third-order valence-electron chi connectivity index (χ3n) is 1.91. The molecule has 0 aliphatic heterocycles. The molecule has 0 radical (unpaired) electrons. The molecule has 15 heavy (non-hydrogen) atoms. The van der Waals surface area contributed by atoms with Crippen molar-refractivity contribution in [2.75, 3.05) is 11.9 Å². The lowest BCUT2D eigenvalue weighted by Gasteiger charge is -2.00. The molecule has 0 saturated heterocycles. The van der Waals surface area contributed by atoms with Crippen LogP contribution in [0.15, 0.2) is 30.9 Å². The maximum Gasteiger partial charge on any atom is 0.223 e. The molecule has 0 saturated carbocycles. The van der Waals surface area contributed by atoms with E-state index in [1.165, 1.54) is 0 Å². The smallest absolute Gasteiger partial charge is 0.223 e. The normalized spacial score (nSPS) is 9.53. The van der Waals surface area contributed by atoms with Gasteiger partial charge in [-0.1, -0.05) is 0 Å². The Morgan fingerprint density at radius 2 is 2.13 bits per heavy atom. The van der Waals surface area contributed by atoms with E-state index >= 15 is 0 Å². The fourth-order valence-corrected chi connectivity index (χ4v) is 1.19. The number of anilines is 1. The Bertz CT molecular complexity index is 452. The van der Waals surface area contributed by atoms with E-state index in [-0.39, 0.29) is 6.54 Å². The number of nitrogens with one attached hydrogen (secondary N) is 2. The quantitative estimate of drug-likeness (QED) is 0.732. The maximum atomic E-state index is 8.36. The van der Waals surface area contributed by atoms with Crippen LogP contribution in [-0.4, -0.2) is 21.5 Å². The first-order valence-corrected chi connectivity index (χ1v) is 4.46. The summed E-state index contributed by atoms with van der Waals surface area (Å²) in [5, 5.41) is 11.1. The predicted molar refractivity (Wildman–Crippen MR) is 55.9 cm³/mol. The van der Waals surface area contributed by atoms with Gasteiger partial charge >= 0.3 is 0 Å². The highest BCUT2D eigenvalue weighted by atomic mass is 15.1. The van der Waals surface area contributed by atoms with E-state index in [2.05, 4.69) is 20.3 Å². The van der Waals surface area contributed by atoms with Crippen molar-refractivity contribution < 1.29 is 0 Å². The fraction of sp³-hybridized carbons (Fsp3) is 0.100. The van der Waals surface area contributed by atoms with Gasteiger partial charge in [0.25, 0.3) is 0 Å². The zero-order valence-corrected chi connectivity index (χ0v) is 7.94. The summed E-state index contributed by atoms with van der Waals surface area (Å²) in [6.45, 7) is 0.212. The zero-order chi connectivity index (χ0) is 10.5. The Morgan fingerprint density at radius 3 is 2.73 bits per heavy atom. The van der Waals surface area contributed by atoms with Gasteiger partial charge in [-0.3, -0.25) is 0 Å². The van der Waals surface area contributed by atoms with Crippen LogP contribution >= 0.6 is 0 Å². The molecule has 2 N–H and O–H groups in total. The van der Waals surface area contributed by atoms with E-state index in [1.807, 2.05) is 24.5 Å². The Labute approximate surface area is 86.8 Å². The summed E-state index contributed by atoms with van der Waals surface area (Å²) < 4.78 is 0. The molecule has 5 heteroatoms. The molecule has 0 bridgehead atoms. The molecule has 0 aliphatic rings. The van der Waals surface area contributed by atoms with Crippen LogP contribution in [0, 0.1) is 11.3 Å². The second-order valence-electron chi connectivity index (χ2n) is 2.91. The summed E-state index contributed by atoms with van der Waals surface area (Å²) in [4.78, 5) is 11.1. The van der Waals surface area contributed by atoms with Gasteiger partial charge in [0.15, 0.2) is 0 Å². The van der Waals surface area contributed by atoms with Crippen molar-refractivity contribution in [3.05, 3.63) is 30.9 Å². The van der Waals surface area contributed by atoms with Crippen molar-refractivity contribution in [3.63, 3.8) is 0 Å². The summed E-state index contributed by atoms with van der Waals surface area (Å²) >= 11 is 0. The lowest BCUT2D eigenvalue weighted by molar-refractivity contribution is 1.12. The van der Waals surface area contributed by atoms with Crippen LogP contribution in [0.1, 0.15) is 0 Å². The molecule has 2 rings (SSSR count). The molecule has 0 atom stereocenters. The lowest BCUT2D eigenvalue weighted by atomic mass is 10.2. The average molecular weight is 199 g/mol. The topological polar surface area (TPSA) is 77.4 Å². The number of aromatic nitrogens is 3. The van der Waals surface area contributed by atoms with Gasteiger partial charge in [-0.15, -0.1) is 0 Å². The first-order chi connectivity index (χ1) is 7.40. The van der Waals surface area contributed by atoms with Crippen LogP contribution in [0.4, 0.5) is 5.95 Å². The molecule has 2 aromatic heterocycles. The number of rotatable bonds is 3. The highest BCUT2D eigenvalue weighted by Crippen LogP contribution is 2.16. The van der Waals surface area contributed by atoms with Crippen molar-refractivity contribution in [2.45, 2.75) is 0 Å². The van der Waals surface area contributed by atoms with E-state index in [0.29, 0.717) is 5.95 Å². The van der Waals surface area contributed by atoms with Crippen molar-refractivity contribution in [1.82, 2.24) is 15.0 Å². The maximum absolute atomic E-state index is 8.36. The Hall–Kier alpha value is -2.35. The second kappa shape index (κ2) is 4.24. The van der Waals surface area contributed by atoms with E-state index in [4.69, 9.17) is 5.26 Å². The molecule has 0 aliphatic carbocycles. The van der Waals surface area contributed by atoms with E-state index in [0.717, 1.165) is 11.1 Å². The van der Waals surface area contributed by atoms with Gasteiger partial charge in [0, 0.05) is 35.9 Å². The Balaban J connectivity index is 2.15. The van der Waals surface area contributed by atoms with Gasteiger partial charge in [-0.25, -0.2) is 9.97 Å². The monoisotopic (exact) mass is 199 g/mol. The van der Waals surface area contributed by atoms with Crippen LogP contribution in [0.2, 0.25) is 0 Å². The molecular formula is C10H9N5. The summed E-state index contributed by atoms with van der Waals surface area (Å²) in [6.07, 6.45) is 7.16. The Morgan fingerprint density at radius 1 is 1.33 bits per heavy atom. The van der Waals surface area contributed by atoms with Gasteiger partial charge < -0.3 is 10.3 Å². The van der Waals surface area contributed by atoms with E-state index < -0.39 is 0 Å². The van der Waals surface area contributed by atoms with Crippen molar-refractivity contribution in [2.24, 2.45) is 0 Å². The molecule has 0 fully saturated rings. The molecule has 2 aromatic rings.